The van der Waals surface area contributed by atoms with Gasteiger partial charge in [-0.05, 0) is 12.1 Å². The monoisotopic (exact) mass is 329 g/mol. The number of pyridine rings is 1. The maximum Gasteiger partial charge on any atom is 0.0267 e. The summed E-state index contributed by atoms with van der Waals surface area (Å²) in [6, 6.07) is 5.72. The van der Waals surface area contributed by atoms with Gasteiger partial charge in [-0.3, -0.25) is 4.98 Å². The zero-order valence-corrected chi connectivity index (χ0v) is 10.7. The van der Waals surface area contributed by atoms with Crippen LogP contribution in [0.25, 0.3) is 0 Å². The van der Waals surface area contributed by atoms with Crippen LogP contribution in [0, 0.1) is 40.8 Å². The second kappa shape index (κ2) is 16.8. The van der Waals surface area contributed by atoms with Gasteiger partial charge in [-0.1, -0.05) is 6.07 Å². The van der Waals surface area contributed by atoms with Crippen molar-refractivity contribution in [1.29, 1.82) is 0 Å². The Labute approximate surface area is 112 Å². The summed E-state index contributed by atoms with van der Waals surface area (Å²) in [4.78, 5) is 3.78. The Bertz CT molecular complexity index is 88.8. The number of rotatable bonds is 0. The second-order valence-electron chi connectivity index (χ2n) is 1.02. The van der Waals surface area contributed by atoms with Gasteiger partial charge in [0.15, 0.2) is 0 Å². The molecule has 0 unspecified atom stereocenters. The van der Waals surface area contributed by atoms with Crippen molar-refractivity contribution in [2.24, 2.45) is 0 Å². The summed E-state index contributed by atoms with van der Waals surface area (Å²) in [5.74, 6) is 0. The maximum absolute atomic E-state index is 3.78. The summed E-state index contributed by atoms with van der Waals surface area (Å²) >= 11 is 0. The first kappa shape index (κ1) is 22.5. The Morgan fingerprint density at radius 3 is 1.20 bits per heavy atom. The molecule has 0 atom stereocenters. The Morgan fingerprint density at radius 1 is 0.700 bits per heavy atom. The van der Waals surface area contributed by atoms with Crippen LogP contribution in [0.1, 0.15) is 0 Å². The molecule has 1 rings (SSSR count). The van der Waals surface area contributed by atoms with E-state index in [1.807, 2.05) is 18.2 Å². The third-order valence-corrected chi connectivity index (χ3v) is 0.566. The van der Waals surface area contributed by atoms with E-state index in [0.29, 0.717) is 0 Å². The van der Waals surface area contributed by atoms with E-state index in [1.165, 1.54) is 0 Å². The van der Waals surface area contributed by atoms with Gasteiger partial charge in [0, 0.05) is 53.2 Å². The molecule has 0 saturated heterocycles. The average molecular weight is 333 g/mol. The third kappa shape index (κ3) is 12.1. The Hall–Kier alpha value is 1.37. The molecule has 10 heavy (non-hydrogen) atoms. The first-order chi connectivity index (χ1) is 3.00. The van der Waals surface area contributed by atoms with E-state index in [1.54, 1.807) is 12.4 Å². The Balaban J connectivity index is -0.0000000450. The van der Waals surface area contributed by atoms with Crippen molar-refractivity contribution < 1.29 is 40.8 Å². The summed E-state index contributed by atoms with van der Waals surface area (Å²) < 4.78 is 0. The van der Waals surface area contributed by atoms with Crippen molar-refractivity contribution in [3.63, 3.8) is 0 Å². The van der Waals surface area contributed by atoms with Gasteiger partial charge in [0.2, 0.25) is 0 Å². The summed E-state index contributed by atoms with van der Waals surface area (Å²) in [5, 5.41) is 0. The predicted molar refractivity (Wildman–Crippen MR) is 46.0 cm³/mol. The Kier molecular flexibility index (Phi) is 37.7. The SMILES string of the molecule is Cl.Cl.Cl.[Nd].c1ccncc1. The molecule has 0 aromatic carbocycles. The molecule has 0 aliphatic carbocycles. The molecule has 0 aliphatic rings. The molecule has 5 heteroatoms. The molecule has 1 aromatic rings. The van der Waals surface area contributed by atoms with Gasteiger partial charge >= 0.3 is 0 Å². The molecular weight excluding hydrogens is 325 g/mol. The molecule has 0 N–H and O–H groups in total. The van der Waals surface area contributed by atoms with E-state index in [4.69, 9.17) is 0 Å². The minimum Gasteiger partial charge on any atom is -0.265 e. The minimum absolute atomic E-state index is 0. The smallest absolute Gasteiger partial charge is 0.0267 e. The average Bonchev–Trinajstić information content (AvgIpc) is 1.72. The normalized spacial score (nSPS) is 4.80. The molecule has 0 radical (unpaired) electrons. The maximum atomic E-state index is 3.78. The van der Waals surface area contributed by atoms with E-state index in [-0.39, 0.29) is 78.1 Å². The van der Waals surface area contributed by atoms with Crippen molar-refractivity contribution in [3.8, 4) is 0 Å². The number of nitrogens with zero attached hydrogens (tertiary/aromatic N) is 1. The first-order valence-electron chi connectivity index (χ1n) is 1.85. The molecule has 0 bridgehead atoms. The predicted octanol–water partition coefficient (Wildman–Crippen LogP) is 2.35. The molecule has 1 heterocycles. The van der Waals surface area contributed by atoms with E-state index in [2.05, 4.69) is 4.98 Å². The quantitative estimate of drug-likeness (QED) is 0.711. The molecule has 58 valence electrons. The zero-order chi connectivity index (χ0) is 4.24. The molecule has 0 saturated carbocycles. The van der Waals surface area contributed by atoms with E-state index in [9.17, 15) is 0 Å². The van der Waals surface area contributed by atoms with Gasteiger partial charge in [-0.2, -0.15) is 0 Å². The largest absolute Gasteiger partial charge is 0.265 e. The fourth-order valence-corrected chi connectivity index (χ4v) is 0.313. The van der Waals surface area contributed by atoms with Gasteiger partial charge < -0.3 is 0 Å². The standard InChI is InChI=1S/C5H5N.3ClH.Nd/c1-2-4-6-5-3-1;;;;/h1-5H;3*1H;. The number of aromatic nitrogens is 1. The van der Waals surface area contributed by atoms with Crippen LogP contribution in [0.5, 0.6) is 0 Å². The minimum atomic E-state index is 0. The van der Waals surface area contributed by atoms with Crippen LogP contribution in [0.3, 0.4) is 0 Å². The van der Waals surface area contributed by atoms with Gasteiger partial charge in [-0.15, -0.1) is 37.2 Å². The van der Waals surface area contributed by atoms with E-state index < -0.39 is 0 Å². The molecule has 1 nitrogen and oxygen atoms in total. The van der Waals surface area contributed by atoms with E-state index >= 15 is 0 Å². The molecule has 0 spiro atoms. The van der Waals surface area contributed by atoms with Crippen molar-refractivity contribution in [3.05, 3.63) is 30.6 Å². The fourth-order valence-electron chi connectivity index (χ4n) is 0.313. The van der Waals surface area contributed by atoms with Gasteiger partial charge in [0.1, 0.15) is 0 Å². The van der Waals surface area contributed by atoms with Gasteiger partial charge in [-0.25, -0.2) is 0 Å². The molecule has 0 aliphatic heterocycles. The van der Waals surface area contributed by atoms with Crippen LogP contribution in [-0.4, -0.2) is 4.98 Å². The number of hydrogen-bond acceptors (Lipinski definition) is 1. The van der Waals surface area contributed by atoms with Crippen molar-refractivity contribution in [1.82, 2.24) is 4.98 Å². The van der Waals surface area contributed by atoms with Crippen molar-refractivity contribution in [2.45, 2.75) is 0 Å². The Morgan fingerprint density at radius 2 is 1.10 bits per heavy atom. The van der Waals surface area contributed by atoms with Crippen LogP contribution >= 0.6 is 37.2 Å². The van der Waals surface area contributed by atoms with Crippen molar-refractivity contribution in [2.75, 3.05) is 0 Å². The fraction of sp³-hybridized carbons (Fsp3) is 0. The summed E-state index contributed by atoms with van der Waals surface area (Å²) in [6.45, 7) is 0. The summed E-state index contributed by atoms with van der Waals surface area (Å²) in [7, 11) is 0. The van der Waals surface area contributed by atoms with Crippen LogP contribution in [-0.2, 0) is 0 Å². The summed E-state index contributed by atoms with van der Waals surface area (Å²) in [6.07, 6.45) is 3.50. The van der Waals surface area contributed by atoms with Crippen LogP contribution in [0.15, 0.2) is 30.6 Å². The number of hydrogen-bond donors (Lipinski definition) is 0. The van der Waals surface area contributed by atoms with Gasteiger partial charge in [0.05, 0.1) is 0 Å². The van der Waals surface area contributed by atoms with Crippen LogP contribution in [0.4, 0.5) is 0 Å². The topological polar surface area (TPSA) is 12.9 Å². The number of halogens is 3. The zero-order valence-electron chi connectivity index (χ0n) is 5.06. The second-order valence-corrected chi connectivity index (χ2v) is 1.02. The molecule has 1 aromatic heterocycles. The van der Waals surface area contributed by atoms with E-state index in [0.717, 1.165) is 0 Å². The molecular formula is C5H8Cl3NNd. The van der Waals surface area contributed by atoms with Crippen LogP contribution < -0.4 is 0 Å². The summed E-state index contributed by atoms with van der Waals surface area (Å²) in [5.41, 5.74) is 0. The van der Waals surface area contributed by atoms with Crippen LogP contribution in [0.2, 0.25) is 0 Å². The third-order valence-electron chi connectivity index (χ3n) is 0.566. The van der Waals surface area contributed by atoms with Gasteiger partial charge in [0.25, 0.3) is 0 Å². The first-order valence-corrected chi connectivity index (χ1v) is 1.85. The van der Waals surface area contributed by atoms with Crippen molar-refractivity contribution >= 4 is 37.2 Å². The molecule has 0 fully saturated rings. The molecule has 0 amide bonds.